The van der Waals surface area contributed by atoms with E-state index in [1.165, 1.54) is 27.7 Å². The maximum atomic E-state index is 12.0. The van der Waals surface area contributed by atoms with E-state index in [-0.39, 0.29) is 11.6 Å². The molecule has 0 spiro atoms. The monoisotopic (exact) mass is 578 g/mol. The quantitative estimate of drug-likeness (QED) is 0.220. The fourth-order valence-corrected chi connectivity index (χ4v) is 5.05. The van der Waals surface area contributed by atoms with Gasteiger partial charge in [-0.1, -0.05) is 121 Å². The van der Waals surface area contributed by atoms with E-state index in [1.54, 1.807) is 0 Å². The zero-order valence-corrected chi connectivity index (χ0v) is 25.3. The summed E-state index contributed by atoms with van der Waals surface area (Å²) in [6.45, 7) is 6.11. The number of rotatable bonds is 0. The van der Waals surface area contributed by atoms with Gasteiger partial charge in [0, 0.05) is 22.3 Å². The molecule has 2 aliphatic rings. The van der Waals surface area contributed by atoms with Crippen molar-refractivity contribution >= 4 is 35.9 Å². The molecule has 0 saturated heterocycles. The van der Waals surface area contributed by atoms with E-state index in [4.69, 9.17) is 0 Å². The van der Waals surface area contributed by atoms with Crippen molar-refractivity contribution in [3.63, 3.8) is 0 Å². The first-order valence-corrected chi connectivity index (χ1v) is 14.2. The Morgan fingerprint density at radius 2 is 0.659 bits per heavy atom. The summed E-state index contributed by atoms with van der Waals surface area (Å²) >= 11 is 0. The third-order valence-electron chi connectivity index (χ3n) is 6.84. The van der Waals surface area contributed by atoms with Crippen molar-refractivity contribution in [2.24, 2.45) is 0 Å². The number of carbonyl (C=O) groups excluding carboxylic acids is 2. The van der Waals surface area contributed by atoms with Gasteiger partial charge in [0.05, 0.1) is 0 Å². The fourth-order valence-electron chi connectivity index (χ4n) is 5.05. The van der Waals surface area contributed by atoms with Crippen LogP contribution in [0.1, 0.15) is 72.2 Å². The molecule has 0 atom stereocenters. The van der Waals surface area contributed by atoms with E-state index in [1.807, 2.05) is 121 Å². The molecule has 4 heteroatoms. The molecule has 0 heterocycles. The van der Waals surface area contributed by atoms with E-state index < -0.39 is 11.2 Å². The largest absolute Gasteiger partial charge is 0.369 e. The minimum atomic E-state index is -1.55. The van der Waals surface area contributed by atoms with Crippen molar-refractivity contribution in [2.45, 2.75) is 38.9 Å². The third-order valence-corrected chi connectivity index (χ3v) is 6.84. The summed E-state index contributed by atoms with van der Waals surface area (Å²) in [6.07, 6.45) is 7.98. The Hall–Kier alpha value is -5.26. The van der Waals surface area contributed by atoms with E-state index >= 15 is 0 Å². The highest BCUT2D eigenvalue weighted by atomic mass is 16.3. The number of ketones is 2. The first-order chi connectivity index (χ1) is 21.1. The summed E-state index contributed by atoms with van der Waals surface area (Å²) in [5, 5.41) is 23.9. The van der Waals surface area contributed by atoms with E-state index in [0.717, 1.165) is 22.3 Å². The Morgan fingerprint density at radius 3 is 0.886 bits per heavy atom. The van der Waals surface area contributed by atoms with Crippen LogP contribution in [0.3, 0.4) is 0 Å². The average molecular weight is 579 g/mol. The van der Waals surface area contributed by atoms with Crippen LogP contribution >= 0.6 is 0 Å². The average Bonchev–Trinajstić information content (AvgIpc) is 3.21. The summed E-state index contributed by atoms with van der Waals surface area (Å²) < 4.78 is 0. The highest BCUT2D eigenvalue weighted by Crippen LogP contribution is 2.39. The second-order valence-corrected chi connectivity index (χ2v) is 10.8. The Balaban J connectivity index is 0.000000496. The molecule has 0 radical (unpaired) electrons. The number of benzene rings is 4. The Bertz CT molecular complexity index is 1640. The van der Waals surface area contributed by atoms with Gasteiger partial charge in [-0.15, -0.1) is 0 Å². The van der Waals surface area contributed by atoms with Gasteiger partial charge in [-0.05, 0) is 73.6 Å². The lowest BCUT2D eigenvalue weighted by atomic mass is 9.83. The highest BCUT2D eigenvalue weighted by Gasteiger charge is 2.35. The van der Waals surface area contributed by atoms with Crippen LogP contribution in [0.4, 0.5) is 0 Å². The summed E-state index contributed by atoms with van der Waals surface area (Å²) in [6, 6.07) is 30.8. The molecule has 4 aromatic carbocycles. The maximum Gasteiger partial charge on any atom is 0.179 e. The van der Waals surface area contributed by atoms with Gasteiger partial charge in [-0.2, -0.15) is 0 Å². The van der Waals surface area contributed by atoms with Gasteiger partial charge in [0.2, 0.25) is 0 Å². The minimum Gasteiger partial charge on any atom is -0.369 e. The lowest BCUT2D eigenvalue weighted by molar-refractivity contribution is -0.115. The molecule has 218 valence electrons. The number of hydrogen-bond acceptors (Lipinski definition) is 4. The zero-order chi connectivity index (χ0) is 31.7. The number of carbonyl (C=O) groups is 2. The minimum absolute atomic E-state index is 0.167. The molecule has 2 aliphatic carbocycles. The molecule has 4 aromatic rings. The number of aliphatic hydroxyl groups is 2. The smallest absolute Gasteiger partial charge is 0.179 e. The Kier molecular flexibility index (Phi) is 9.94. The first-order valence-electron chi connectivity index (χ1n) is 14.2. The second-order valence-electron chi connectivity index (χ2n) is 10.8. The van der Waals surface area contributed by atoms with Crippen molar-refractivity contribution in [1.29, 1.82) is 0 Å². The lowest BCUT2D eigenvalue weighted by Gasteiger charge is -2.25. The van der Waals surface area contributed by atoms with Crippen LogP contribution in [-0.2, 0) is 20.8 Å². The highest BCUT2D eigenvalue weighted by molar-refractivity contribution is 5.80. The van der Waals surface area contributed by atoms with Crippen LogP contribution in [0, 0.1) is 23.7 Å². The molecule has 0 aliphatic heterocycles. The van der Waals surface area contributed by atoms with Crippen molar-refractivity contribution < 1.29 is 19.8 Å². The molecule has 0 aromatic heterocycles. The number of fused-ring (bicyclic) bond motifs is 4. The van der Waals surface area contributed by atoms with Crippen LogP contribution in [0.5, 0.6) is 0 Å². The molecule has 6 rings (SSSR count). The van der Waals surface area contributed by atoms with Gasteiger partial charge < -0.3 is 19.8 Å². The van der Waals surface area contributed by atoms with Gasteiger partial charge >= 0.3 is 0 Å². The zero-order valence-electron chi connectivity index (χ0n) is 25.3. The van der Waals surface area contributed by atoms with Gasteiger partial charge in [-0.25, -0.2) is 0 Å². The van der Waals surface area contributed by atoms with Gasteiger partial charge in [-0.3, -0.25) is 0 Å². The van der Waals surface area contributed by atoms with Crippen LogP contribution in [0.25, 0.3) is 24.3 Å². The van der Waals surface area contributed by atoms with Gasteiger partial charge in [0.15, 0.2) is 11.2 Å². The lowest BCUT2D eigenvalue weighted by Crippen LogP contribution is -2.27. The predicted molar refractivity (Wildman–Crippen MR) is 178 cm³/mol. The topological polar surface area (TPSA) is 74.6 Å². The van der Waals surface area contributed by atoms with E-state index in [9.17, 15) is 19.8 Å². The molecule has 0 bridgehead atoms. The van der Waals surface area contributed by atoms with Crippen LogP contribution in [0.2, 0.25) is 0 Å². The Morgan fingerprint density at radius 1 is 0.455 bits per heavy atom. The molecule has 0 saturated carbocycles. The predicted octanol–water partition coefficient (Wildman–Crippen LogP) is 7.02. The summed E-state index contributed by atoms with van der Waals surface area (Å²) in [5.74, 6) is 12.2. The normalized spacial score (nSPS) is 13.7. The maximum absolute atomic E-state index is 12.0. The number of hydrogen-bond donors (Lipinski definition) is 2. The van der Waals surface area contributed by atoms with Crippen LogP contribution in [-0.4, -0.2) is 21.8 Å². The molecule has 0 amide bonds. The summed E-state index contributed by atoms with van der Waals surface area (Å²) in [4.78, 5) is 18.9. The molecule has 0 unspecified atom stereocenters. The van der Waals surface area contributed by atoms with Crippen LogP contribution in [0.15, 0.2) is 97.1 Å². The summed E-state index contributed by atoms with van der Waals surface area (Å²) in [7, 11) is 0. The molecule has 2 N–H and O–H groups in total. The van der Waals surface area contributed by atoms with Crippen molar-refractivity contribution in [3.8, 4) is 23.7 Å². The standard InChI is InChI=1S/C34H22O2.2C3H6O/c35-33(29-15-5-1-11-25(29)19-20-26-12-2-6-16-30(26)33)23-9-10-24-34(36)31-17-7-3-13-27(31)21-22-28-14-4-8-18-32(28)34;2*1-3(2)4/h1-8,11-22,35-36H;2*1-2H3. The van der Waals surface area contributed by atoms with E-state index in [2.05, 4.69) is 23.7 Å². The second kappa shape index (κ2) is 13.8. The fraction of sp³-hybridized carbons (Fsp3) is 0.150. The molecule has 0 fully saturated rings. The van der Waals surface area contributed by atoms with Crippen molar-refractivity contribution in [3.05, 3.63) is 142 Å². The van der Waals surface area contributed by atoms with Crippen molar-refractivity contribution in [2.75, 3.05) is 0 Å². The third kappa shape index (κ3) is 7.02. The Labute approximate surface area is 259 Å². The first kappa shape index (κ1) is 31.7. The van der Waals surface area contributed by atoms with Gasteiger partial charge in [0.1, 0.15) is 11.6 Å². The SMILES string of the molecule is CC(C)=O.CC(C)=O.OC1(C#CC#CC2(O)c3ccccc3C=Cc3ccccc32)c2ccccc2C=Cc2ccccc21. The van der Waals surface area contributed by atoms with Crippen molar-refractivity contribution in [1.82, 2.24) is 0 Å². The molecule has 4 nitrogen and oxygen atoms in total. The number of Topliss-reactive ketones (excluding diaryl/α,β-unsaturated/α-hetero) is 2. The molecular formula is C40H34O4. The molecule has 44 heavy (non-hydrogen) atoms. The van der Waals surface area contributed by atoms with E-state index in [0.29, 0.717) is 22.3 Å². The van der Waals surface area contributed by atoms with Gasteiger partial charge in [0.25, 0.3) is 0 Å². The summed E-state index contributed by atoms with van der Waals surface area (Å²) in [5.41, 5.74) is 3.31. The molecular weight excluding hydrogens is 544 g/mol. The van der Waals surface area contributed by atoms with Crippen LogP contribution < -0.4 is 0 Å².